The van der Waals surface area contributed by atoms with Gasteiger partial charge in [0.1, 0.15) is 5.82 Å². The van der Waals surface area contributed by atoms with Crippen LogP contribution in [0.4, 0.5) is 10.1 Å². The van der Waals surface area contributed by atoms with Crippen LogP contribution in [0.25, 0.3) is 0 Å². The van der Waals surface area contributed by atoms with E-state index < -0.39 is 6.04 Å². The van der Waals surface area contributed by atoms with Crippen LogP contribution in [0.2, 0.25) is 0 Å². The van der Waals surface area contributed by atoms with E-state index >= 15 is 0 Å². The van der Waals surface area contributed by atoms with Gasteiger partial charge in [-0.15, -0.1) is 0 Å². The highest BCUT2D eigenvalue weighted by atomic mass is 19.1. The number of fused-ring (bicyclic) bond motifs is 1. The molecule has 3 aromatic rings. The number of aryl methyl sites for hydroxylation is 1. The second-order valence-corrected chi connectivity index (χ2v) is 7.51. The Hall–Kier alpha value is -3.54. The van der Waals surface area contributed by atoms with Crippen molar-refractivity contribution in [1.29, 1.82) is 0 Å². The highest BCUT2D eigenvalue weighted by Crippen LogP contribution is 2.38. The average molecular weight is 403 g/mol. The molecule has 0 bridgehead atoms. The second kappa shape index (κ2) is 8.06. The molecule has 2 heterocycles. The number of pyridine rings is 1. The molecule has 0 spiro atoms. The number of amides is 2. The lowest BCUT2D eigenvalue weighted by Gasteiger charge is -2.25. The fraction of sp³-hybridized carbons (Fsp3) is 0.208. The minimum atomic E-state index is -0.489. The van der Waals surface area contributed by atoms with Gasteiger partial charge in [-0.25, -0.2) is 4.39 Å². The lowest BCUT2D eigenvalue weighted by Crippen LogP contribution is -2.34. The molecule has 1 aliphatic heterocycles. The zero-order valence-electron chi connectivity index (χ0n) is 16.8. The van der Waals surface area contributed by atoms with Crippen molar-refractivity contribution in [2.75, 3.05) is 4.90 Å². The van der Waals surface area contributed by atoms with Gasteiger partial charge >= 0.3 is 0 Å². The predicted molar refractivity (Wildman–Crippen MR) is 113 cm³/mol. The van der Waals surface area contributed by atoms with Crippen molar-refractivity contribution in [3.63, 3.8) is 0 Å². The summed E-state index contributed by atoms with van der Waals surface area (Å²) < 4.78 is 13.2. The third kappa shape index (κ3) is 3.81. The fourth-order valence-electron chi connectivity index (χ4n) is 3.76. The Bertz CT molecular complexity index is 1080. The number of carbonyl (C=O) groups excluding carboxylic acids is 2. The number of nitrogens with one attached hydrogen (secondary N) is 1. The van der Waals surface area contributed by atoms with Crippen molar-refractivity contribution in [2.45, 2.75) is 32.4 Å². The monoisotopic (exact) mass is 403 g/mol. The summed E-state index contributed by atoms with van der Waals surface area (Å²) >= 11 is 0. The fourth-order valence-corrected chi connectivity index (χ4v) is 3.76. The van der Waals surface area contributed by atoms with Gasteiger partial charge in [0, 0.05) is 11.9 Å². The average Bonchev–Trinajstić information content (AvgIpc) is 3.01. The summed E-state index contributed by atoms with van der Waals surface area (Å²) in [5.74, 6) is -0.690. The van der Waals surface area contributed by atoms with Crippen LogP contribution >= 0.6 is 0 Å². The number of halogens is 1. The maximum atomic E-state index is 13.2. The smallest absolute Gasteiger partial charge is 0.260 e. The molecular formula is C24H22FN3O2. The number of aromatic nitrogens is 1. The number of carbonyl (C=O) groups is 2. The number of hydrogen-bond acceptors (Lipinski definition) is 3. The Morgan fingerprint density at radius 2 is 1.83 bits per heavy atom. The first-order valence-corrected chi connectivity index (χ1v) is 9.84. The molecule has 0 fully saturated rings. The van der Waals surface area contributed by atoms with Crippen LogP contribution in [0.5, 0.6) is 0 Å². The second-order valence-electron chi connectivity index (χ2n) is 7.51. The third-order valence-electron chi connectivity index (χ3n) is 5.35. The largest absolute Gasteiger partial charge is 0.350 e. The van der Waals surface area contributed by atoms with E-state index in [0.717, 1.165) is 16.8 Å². The molecule has 0 saturated carbocycles. The molecule has 1 aromatic heterocycles. The molecule has 2 aromatic carbocycles. The number of hydrogen-bond donors (Lipinski definition) is 1. The van der Waals surface area contributed by atoms with Crippen molar-refractivity contribution in [2.24, 2.45) is 0 Å². The first-order chi connectivity index (χ1) is 14.4. The number of benzene rings is 2. The highest BCUT2D eigenvalue weighted by Gasteiger charge is 2.40. The molecule has 1 N–H and O–H groups in total. The minimum absolute atomic E-state index is 0.0785. The van der Waals surface area contributed by atoms with E-state index in [1.165, 1.54) is 12.1 Å². The summed E-state index contributed by atoms with van der Waals surface area (Å²) in [7, 11) is 0. The first-order valence-electron chi connectivity index (χ1n) is 9.84. The number of anilines is 1. The summed E-state index contributed by atoms with van der Waals surface area (Å²) in [5, 5.41) is 2.94. The van der Waals surface area contributed by atoms with E-state index in [2.05, 4.69) is 10.3 Å². The van der Waals surface area contributed by atoms with Gasteiger partial charge in [0.05, 0.1) is 29.8 Å². The molecule has 1 aliphatic rings. The van der Waals surface area contributed by atoms with Crippen LogP contribution in [-0.2, 0) is 4.79 Å². The molecule has 4 rings (SSSR count). The standard InChI is InChI=1S/C24H22FN3O2/c1-15-5-11-19(12-6-15)28-21(23-20(24(28)30)4-3-13-26-23)14-22(29)27-16(2)17-7-9-18(25)10-8-17/h3-13,16,21H,14H2,1-2H3,(H,27,29)/t16-,21-/m1/s1. The lowest BCUT2D eigenvalue weighted by molar-refractivity contribution is -0.122. The van der Waals surface area contributed by atoms with Crippen molar-refractivity contribution >= 4 is 17.5 Å². The van der Waals surface area contributed by atoms with E-state index in [0.29, 0.717) is 11.3 Å². The SMILES string of the molecule is Cc1ccc(N2C(=O)c3cccnc3[C@H]2CC(=O)N[C@H](C)c2ccc(F)cc2)cc1. The number of nitrogens with zero attached hydrogens (tertiary/aromatic N) is 2. The van der Waals surface area contributed by atoms with E-state index in [4.69, 9.17) is 0 Å². The summed E-state index contributed by atoms with van der Waals surface area (Å²) in [5.41, 5.74) is 3.74. The van der Waals surface area contributed by atoms with Crippen LogP contribution in [-0.4, -0.2) is 16.8 Å². The van der Waals surface area contributed by atoms with Gasteiger partial charge in [0.25, 0.3) is 5.91 Å². The van der Waals surface area contributed by atoms with Crippen molar-refractivity contribution in [1.82, 2.24) is 10.3 Å². The summed E-state index contributed by atoms with van der Waals surface area (Å²) in [6.45, 7) is 3.82. The molecule has 2 amide bonds. The predicted octanol–water partition coefficient (Wildman–Crippen LogP) is 4.50. The third-order valence-corrected chi connectivity index (χ3v) is 5.35. The van der Waals surface area contributed by atoms with Crippen LogP contribution < -0.4 is 10.2 Å². The van der Waals surface area contributed by atoms with Gasteiger partial charge in [-0.3, -0.25) is 19.5 Å². The molecule has 152 valence electrons. The first kappa shape index (κ1) is 19.8. The maximum Gasteiger partial charge on any atom is 0.260 e. The van der Waals surface area contributed by atoms with Gasteiger partial charge in [0.15, 0.2) is 0 Å². The Balaban J connectivity index is 1.58. The Morgan fingerprint density at radius 1 is 1.13 bits per heavy atom. The van der Waals surface area contributed by atoms with Crippen molar-refractivity contribution < 1.29 is 14.0 Å². The van der Waals surface area contributed by atoms with Crippen LogP contribution in [0.15, 0.2) is 66.9 Å². The Morgan fingerprint density at radius 3 is 2.53 bits per heavy atom. The van der Waals surface area contributed by atoms with Gasteiger partial charge in [-0.1, -0.05) is 29.8 Å². The van der Waals surface area contributed by atoms with Gasteiger partial charge < -0.3 is 5.32 Å². The van der Waals surface area contributed by atoms with Crippen LogP contribution in [0.3, 0.4) is 0 Å². The topological polar surface area (TPSA) is 62.3 Å². The van der Waals surface area contributed by atoms with Crippen LogP contribution in [0, 0.1) is 12.7 Å². The molecule has 5 nitrogen and oxygen atoms in total. The normalized spacial score (nSPS) is 16.3. The summed E-state index contributed by atoms with van der Waals surface area (Å²) in [6.07, 6.45) is 1.71. The zero-order valence-corrected chi connectivity index (χ0v) is 16.8. The summed E-state index contributed by atoms with van der Waals surface area (Å²) in [4.78, 5) is 32.0. The van der Waals surface area contributed by atoms with Gasteiger partial charge in [0.2, 0.25) is 5.91 Å². The molecule has 0 aliphatic carbocycles. The molecule has 0 saturated heterocycles. The Labute approximate surface area is 174 Å². The van der Waals surface area contributed by atoms with Crippen LogP contribution in [0.1, 0.15) is 52.6 Å². The lowest BCUT2D eigenvalue weighted by atomic mass is 10.1. The molecule has 2 atom stereocenters. The molecule has 0 radical (unpaired) electrons. The van der Waals surface area contributed by atoms with E-state index in [1.54, 1.807) is 35.4 Å². The molecule has 30 heavy (non-hydrogen) atoms. The molecule has 0 unspecified atom stereocenters. The zero-order chi connectivity index (χ0) is 21.3. The van der Waals surface area contributed by atoms with Gasteiger partial charge in [-0.05, 0) is 55.8 Å². The highest BCUT2D eigenvalue weighted by molar-refractivity contribution is 6.11. The minimum Gasteiger partial charge on any atom is -0.350 e. The summed E-state index contributed by atoms with van der Waals surface area (Å²) in [6, 6.07) is 16.4. The van der Waals surface area contributed by atoms with E-state index in [9.17, 15) is 14.0 Å². The van der Waals surface area contributed by atoms with Gasteiger partial charge in [-0.2, -0.15) is 0 Å². The molecular weight excluding hydrogens is 381 g/mol. The van der Waals surface area contributed by atoms with E-state index in [1.807, 2.05) is 38.1 Å². The Kier molecular flexibility index (Phi) is 5.31. The van der Waals surface area contributed by atoms with E-state index in [-0.39, 0.29) is 30.1 Å². The van der Waals surface area contributed by atoms with Crippen molar-refractivity contribution in [3.05, 3.63) is 95.1 Å². The number of rotatable bonds is 5. The maximum absolute atomic E-state index is 13.2. The molecule has 6 heteroatoms. The van der Waals surface area contributed by atoms with Crippen molar-refractivity contribution in [3.8, 4) is 0 Å². The quantitative estimate of drug-likeness (QED) is 0.682.